The monoisotopic (exact) mass is 339 g/mol. The minimum atomic E-state index is 0.843. The van der Waals surface area contributed by atoms with Crippen molar-refractivity contribution in [1.82, 2.24) is 15.1 Å². The van der Waals surface area contributed by atoms with Crippen LogP contribution in [0.4, 0.5) is 0 Å². The molecule has 0 aromatic carbocycles. The van der Waals surface area contributed by atoms with Gasteiger partial charge in [0.05, 0.1) is 15.9 Å². The molecule has 0 radical (unpaired) electrons. The Bertz CT molecular complexity index is 465. The predicted molar refractivity (Wildman–Crippen MR) is 85.9 cm³/mol. The highest BCUT2D eigenvalue weighted by molar-refractivity contribution is 9.10. The average molecular weight is 340 g/mol. The molecular weight excluding hydrogens is 314 g/mol. The first-order valence-corrected chi connectivity index (χ1v) is 8.99. The number of hydrogen-bond donors (Lipinski definition) is 1. The van der Waals surface area contributed by atoms with E-state index in [1.54, 1.807) is 0 Å². The highest BCUT2D eigenvalue weighted by atomic mass is 79.9. The Morgan fingerprint density at radius 1 is 1.20 bits per heavy atom. The van der Waals surface area contributed by atoms with Crippen LogP contribution in [0.3, 0.4) is 0 Å². The number of halogens is 1. The van der Waals surface area contributed by atoms with Crippen molar-refractivity contribution in [2.24, 2.45) is 11.8 Å². The highest BCUT2D eigenvalue weighted by Gasteiger charge is 2.33. The van der Waals surface area contributed by atoms with Gasteiger partial charge in [-0.05, 0) is 79.8 Å². The molecule has 112 valence electrons. The Hall–Kier alpha value is -0.350. The van der Waals surface area contributed by atoms with Gasteiger partial charge in [0.1, 0.15) is 0 Å². The summed E-state index contributed by atoms with van der Waals surface area (Å²) in [5.41, 5.74) is 2.64. The molecule has 0 aliphatic heterocycles. The first-order valence-electron chi connectivity index (χ1n) is 8.20. The van der Waals surface area contributed by atoms with Crippen molar-refractivity contribution < 1.29 is 0 Å². The minimum Gasteiger partial charge on any atom is -0.314 e. The van der Waals surface area contributed by atoms with E-state index >= 15 is 0 Å². The maximum absolute atomic E-state index is 4.72. The quantitative estimate of drug-likeness (QED) is 0.823. The van der Waals surface area contributed by atoms with E-state index in [-0.39, 0.29) is 0 Å². The van der Waals surface area contributed by atoms with E-state index in [0.29, 0.717) is 0 Å². The van der Waals surface area contributed by atoms with Gasteiger partial charge in [-0.25, -0.2) is 0 Å². The molecule has 1 heterocycles. The molecule has 3 nitrogen and oxygen atoms in total. The van der Waals surface area contributed by atoms with E-state index in [1.165, 1.54) is 54.5 Å². The van der Waals surface area contributed by atoms with Crippen molar-refractivity contribution in [3.63, 3.8) is 0 Å². The number of rotatable bonds is 7. The lowest BCUT2D eigenvalue weighted by Gasteiger charge is -2.37. The topological polar surface area (TPSA) is 29.9 Å². The summed E-state index contributed by atoms with van der Waals surface area (Å²) in [6.07, 6.45) is 7.79. The van der Waals surface area contributed by atoms with E-state index in [2.05, 4.69) is 39.8 Å². The second kappa shape index (κ2) is 6.18. The number of aromatic nitrogens is 2. The standard InChI is InChI=1S/C16H26BrN3/c1-3-14-16(17)15(20(4-2)19-14)9-11-5-6-12(11)10-18-13-7-8-13/h11-13,18H,3-10H2,1-2H3. The third-order valence-electron chi connectivity index (χ3n) is 4.97. The van der Waals surface area contributed by atoms with E-state index in [0.717, 1.165) is 30.8 Å². The third-order valence-corrected chi connectivity index (χ3v) is 5.89. The van der Waals surface area contributed by atoms with Crippen molar-refractivity contribution in [2.45, 2.75) is 65.0 Å². The molecule has 4 heteroatoms. The lowest BCUT2D eigenvalue weighted by atomic mass is 9.71. The summed E-state index contributed by atoms with van der Waals surface area (Å²) in [7, 11) is 0. The number of nitrogens with one attached hydrogen (secondary N) is 1. The molecular formula is C16H26BrN3. The molecule has 2 aliphatic rings. The molecule has 0 bridgehead atoms. The number of nitrogens with zero attached hydrogens (tertiary/aromatic N) is 2. The van der Waals surface area contributed by atoms with Crippen LogP contribution in [0.1, 0.15) is 50.9 Å². The van der Waals surface area contributed by atoms with Crippen molar-refractivity contribution in [3.8, 4) is 0 Å². The summed E-state index contributed by atoms with van der Waals surface area (Å²) < 4.78 is 3.47. The summed E-state index contributed by atoms with van der Waals surface area (Å²) in [5.74, 6) is 1.73. The Morgan fingerprint density at radius 2 is 1.95 bits per heavy atom. The molecule has 20 heavy (non-hydrogen) atoms. The number of hydrogen-bond acceptors (Lipinski definition) is 2. The molecule has 2 atom stereocenters. The predicted octanol–water partition coefficient (Wildman–Crippen LogP) is 3.55. The van der Waals surface area contributed by atoms with E-state index < -0.39 is 0 Å². The van der Waals surface area contributed by atoms with Crippen molar-refractivity contribution in [3.05, 3.63) is 15.9 Å². The molecule has 1 N–H and O–H groups in total. The van der Waals surface area contributed by atoms with Crippen LogP contribution in [0.2, 0.25) is 0 Å². The van der Waals surface area contributed by atoms with Gasteiger partial charge in [0.25, 0.3) is 0 Å². The Labute approximate surface area is 130 Å². The SMILES string of the molecule is CCc1nn(CC)c(CC2CCC2CNC2CC2)c1Br. The Morgan fingerprint density at radius 3 is 2.50 bits per heavy atom. The molecule has 2 aliphatic carbocycles. The van der Waals surface area contributed by atoms with Gasteiger partial charge in [0.2, 0.25) is 0 Å². The van der Waals surface area contributed by atoms with Gasteiger partial charge in [-0.3, -0.25) is 4.68 Å². The summed E-state index contributed by atoms with van der Waals surface area (Å²) in [4.78, 5) is 0. The minimum absolute atomic E-state index is 0.843. The summed E-state index contributed by atoms with van der Waals surface area (Å²) in [5, 5.41) is 8.42. The fourth-order valence-electron chi connectivity index (χ4n) is 3.24. The maximum atomic E-state index is 4.72. The highest BCUT2D eigenvalue weighted by Crippen LogP contribution is 2.38. The molecule has 1 aromatic rings. The molecule has 3 rings (SSSR count). The number of aryl methyl sites for hydroxylation is 2. The zero-order valence-electron chi connectivity index (χ0n) is 12.7. The zero-order chi connectivity index (χ0) is 14.1. The van der Waals surface area contributed by atoms with E-state index in [1.807, 2.05) is 0 Å². The van der Waals surface area contributed by atoms with Gasteiger partial charge in [-0.15, -0.1) is 0 Å². The Kier molecular flexibility index (Phi) is 4.51. The summed E-state index contributed by atoms with van der Waals surface area (Å²) in [6.45, 7) is 6.58. The van der Waals surface area contributed by atoms with Crippen LogP contribution in [0.25, 0.3) is 0 Å². The van der Waals surface area contributed by atoms with Crippen molar-refractivity contribution in [2.75, 3.05) is 6.54 Å². The largest absolute Gasteiger partial charge is 0.314 e. The van der Waals surface area contributed by atoms with Crippen LogP contribution in [0, 0.1) is 11.8 Å². The van der Waals surface area contributed by atoms with Gasteiger partial charge in [0, 0.05) is 12.6 Å². The van der Waals surface area contributed by atoms with Gasteiger partial charge < -0.3 is 5.32 Å². The fraction of sp³-hybridized carbons (Fsp3) is 0.812. The zero-order valence-corrected chi connectivity index (χ0v) is 14.2. The third kappa shape index (κ3) is 2.96. The maximum Gasteiger partial charge on any atom is 0.0766 e. The molecule has 2 unspecified atom stereocenters. The van der Waals surface area contributed by atoms with Gasteiger partial charge >= 0.3 is 0 Å². The fourth-order valence-corrected chi connectivity index (χ4v) is 3.97. The van der Waals surface area contributed by atoms with E-state index in [9.17, 15) is 0 Å². The smallest absolute Gasteiger partial charge is 0.0766 e. The molecule has 0 spiro atoms. The normalized spacial score (nSPS) is 25.8. The van der Waals surface area contributed by atoms with Crippen LogP contribution in [-0.4, -0.2) is 22.4 Å². The average Bonchev–Trinajstić information content (AvgIpc) is 3.19. The summed E-state index contributed by atoms with van der Waals surface area (Å²) >= 11 is 3.78. The Balaban J connectivity index is 1.62. The van der Waals surface area contributed by atoms with Crippen LogP contribution in [0.5, 0.6) is 0 Å². The summed E-state index contributed by atoms with van der Waals surface area (Å²) in [6, 6.07) is 0.843. The van der Waals surface area contributed by atoms with Gasteiger partial charge in [-0.2, -0.15) is 5.10 Å². The lowest BCUT2D eigenvalue weighted by molar-refractivity contribution is 0.167. The van der Waals surface area contributed by atoms with Crippen LogP contribution >= 0.6 is 15.9 Å². The second-order valence-electron chi connectivity index (χ2n) is 6.36. The van der Waals surface area contributed by atoms with Crippen LogP contribution in [-0.2, 0) is 19.4 Å². The first kappa shape index (κ1) is 14.6. The second-order valence-corrected chi connectivity index (χ2v) is 7.15. The molecule has 2 fully saturated rings. The van der Waals surface area contributed by atoms with Crippen molar-refractivity contribution in [1.29, 1.82) is 0 Å². The van der Waals surface area contributed by atoms with Crippen molar-refractivity contribution >= 4 is 15.9 Å². The van der Waals surface area contributed by atoms with Gasteiger partial charge in [-0.1, -0.05) is 6.92 Å². The van der Waals surface area contributed by atoms with Crippen LogP contribution < -0.4 is 5.32 Å². The lowest BCUT2D eigenvalue weighted by Crippen LogP contribution is -2.37. The first-order chi connectivity index (χ1) is 9.72. The van der Waals surface area contributed by atoms with Crippen LogP contribution in [0.15, 0.2) is 4.47 Å². The van der Waals surface area contributed by atoms with E-state index in [4.69, 9.17) is 5.10 Å². The van der Waals surface area contributed by atoms with Gasteiger partial charge in [0.15, 0.2) is 0 Å². The molecule has 0 saturated heterocycles. The molecule has 0 amide bonds. The molecule has 2 saturated carbocycles. The molecule has 1 aromatic heterocycles.